The summed E-state index contributed by atoms with van der Waals surface area (Å²) in [7, 11) is 0. The molecule has 1 fully saturated rings. The predicted octanol–water partition coefficient (Wildman–Crippen LogP) is 2.97. The number of hydrogen-bond acceptors (Lipinski definition) is 6. The summed E-state index contributed by atoms with van der Waals surface area (Å²) >= 11 is 7.52. The Labute approximate surface area is 154 Å². The number of hydrogen-bond donors (Lipinski definition) is 1. The maximum atomic E-state index is 12.5. The maximum Gasteiger partial charge on any atom is 0.408 e. The van der Waals surface area contributed by atoms with Crippen LogP contribution >= 0.6 is 22.9 Å². The van der Waals surface area contributed by atoms with Gasteiger partial charge < -0.3 is 15.0 Å². The number of amides is 2. The van der Waals surface area contributed by atoms with Crippen LogP contribution in [0.3, 0.4) is 0 Å². The molecule has 1 aliphatic heterocycles. The van der Waals surface area contributed by atoms with Crippen molar-refractivity contribution in [3.63, 3.8) is 0 Å². The summed E-state index contributed by atoms with van der Waals surface area (Å²) in [6.45, 7) is 6.34. The van der Waals surface area contributed by atoms with E-state index in [0.29, 0.717) is 24.7 Å². The molecule has 134 valence electrons. The molecule has 0 saturated carbocycles. The van der Waals surface area contributed by atoms with Crippen molar-refractivity contribution in [2.75, 3.05) is 6.54 Å². The number of carbonyl (C=O) groups is 2. The zero-order valence-corrected chi connectivity index (χ0v) is 15.8. The fourth-order valence-electron chi connectivity index (χ4n) is 2.67. The molecule has 2 aromatic heterocycles. The number of carbonyl (C=O) groups excluding carboxylic acids is 2. The average molecular weight is 383 g/mol. The number of thiophene rings is 1. The van der Waals surface area contributed by atoms with Gasteiger partial charge in [0.1, 0.15) is 23.1 Å². The molecule has 0 unspecified atom stereocenters. The molecule has 3 heterocycles. The summed E-state index contributed by atoms with van der Waals surface area (Å²) in [4.78, 5) is 34.3. The predicted molar refractivity (Wildman–Crippen MR) is 95.6 cm³/mol. The molecule has 9 heteroatoms. The lowest BCUT2D eigenvalue weighted by molar-refractivity contribution is -0.129. The van der Waals surface area contributed by atoms with Gasteiger partial charge in [-0.1, -0.05) is 11.6 Å². The van der Waals surface area contributed by atoms with Gasteiger partial charge in [-0.15, -0.1) is 11.3 Å². The first-order valence-corrected chi connectivity index (χ1v) is 9.15. The molecule has 0 aliphatic carbocycles. The minimum atomic E-state index is -0.597. The van der Waals surface area contributed by atoms with Crippen molar-refractivity contribution >= 4 is 45.2 Å². The molecule has 0 bridgehead atoms. The van der Waals surface area contributed by atoms with Crippen molar-refractivity contribution in [1.82, 2.24) is 20.2 Å². The van der Waals surface area contributed by atoms with Gasteiger partial charge in [-0.05, 0) is 32.6 Å². The Morgan fingerprint density at radius 2 is 2.24 bits per heavy atom. The zero-order chi connectivity index (χ0) is 18.2. The third kappa shape index (κ3) is 4.01. The quantitative estimate of drug-likeness (QED) is 0.825. The van der Waals surface area contributed by atoms with Crippen LogP contribution in [0.4, 0.5) is 4.79 Å². The second kappa shape index (κ2) is 6.76. The molecule has 0 spiro atoms. The van der Waals surface area contributed by atoms with Crippen LogP contribution in [-0.2, 0) is 16.1 Å². The highest BCUT2D eigenvalue weighted by Gasteiger charge is 2.34. The van der Waals surface area contributed by atoms with Crippen LogP contribution in [0.5, 0.6) is 0 Å². The van der Waals surface area contributed by atoms with Crippen molar-refractivity contribution in [3.8, 4) is 0 Å². The van der Waals surface area contributed by atoms with Gasteiger partial charge in [-0.3, -0.25) is 4.79 Å². The Morgan fingerprint density at radius 3 is 2.96 bits per heavy atom. The molecule has 2 aromatic rings. The van der Waals surface area contributed by atoms with E-state index in [9.17, 15) is 9.59 Å². The minimum Gasteiger partial charge on any atom is -0.444 e. The van der Waals surface area contributed by atoms with Crippen LogP contribution < -0.4 is 5.32 Å². The second-order valence-corrected chi connectivity index (χ2v) is 8.09. The van der Waals surface area contributed by atoms with Crippen molar-refractivity contribution < 1.29 is 14.3 Å². The van der Waals surface area contributed by atoms with Crippen LogP contribution in [0.25, 0.3) is 10.2 Å². The van der Waals surface area contributed by atoms with Crippen molar-refractivity contribution in [2.45, 2.75) is 45.4 Å². The number of alkyl carbamates (subject to hydrolysis) is 1. The van der Waals surface area contributed by atoms with Crippen LogP contribution in [0.1, 0.15) is 32.8 Å². The van der Waals surface area contributed by atoms with Gasteiger partial charge in [0.25, 0.3) is 0 Å². The van der Waals surface area contributed by atoms with E-state index >= 15 is 0 Å². The average Bonchev–Trinajstić information content (AvgIpc) is 3.05. The third-order valence-corrected chi connectivity index (χ3v) is 5.16. The maximum absolute atomic E-state index is 12.5. The Bertz CT molecular complexity index is 817. The largest absolute Gasteiger partial charge is 0.444 e. The standard InChI is InChI=1S/C16H19ClN4O3S/c1-16(2,3)24-15(23)20-10-4-5-21(14(10)22)6-9-7-25-12-11(9)18-8-19-13(12)17/h7-8,10H,4-6H2,1-3H3,(H,20,23)/t10-/m0/s1. The topological polar surface area (TPSA) is 84.4 Å². The Balaban J connectivity index is 1.66. The summed E-state index contributed by atoms with van der Waals surface area (Å²) in [5, 5.41) is 5.00. The summed E-state index contributed by atoms with van der Waals surface area (Å²) < 4.78 is 6.02. The van der Waals surface area contributed by atoms with E-state index < -0.39 is 17.7 Å². The number of nitrogens with zero attached hydrogens (tertiary/aromatic N) is 3. The molecular formula is C16H19ClN4O3S. The molecule has 2 amide bonds. The van der Waals surface area contributed by atoms with E-state index in [4.69, 9.17) is 16.3 Å². The molecule has 25 heavy (non-hydrogen) atoms. The summed E-state index contributed by atoms with van der Waals surface area (Å²) in [6.07, 6.45) is 1.39. The lowest BCUT2D eigenvalue weighted by Gasteiger charge is -2.21. The molecule has 0 radical (unpaired) electrons. The fourth-order valence-corrected chi connectivity index (χ4v) is 3.83. The van der Waals surface area contributed by atoms with Crippen LogP contribution in [0.15, 0.2) is 11.7 Å². The van der Waals surface area contributed by atoms with E-state index in [1.54, 1.807) is 25.7 Å². The number of nitrogens with one attached hydrogen (secondary N) is 1. The van der Waals surface area contributed by atoms with E-state index in [1.807, 2.05) is 5.38 Å². The smallest absolute Gasteiger partial charge is 0.408 e. The Morgan fingerprint density at radius 1 is 1.48 bits per heavy atom. The van der Waals surface area contributed by atoms with Crippen molar-refractivity contribution in [3.05, 3.63) is 22.4 Å². The minimum absolute atomic E-state index is 0.120. The molecule has 1 atom stereocenters. The highest BCUT2D eigenvalue weighted by molar-refractivity contribution is 7.18. The van der Waals surface area contributed by atoms with E-state index in [2.05, 4.69) is 15.3 Å². The first-order chi connectivity index (χ1) is 11.7. The van der Waals surface area contributed by atoms with E-state index in [0.717, 1.165) is 15.8 Å². The normalized spacial score (nSPS) is 18.0. The van der Waals surface area contributed by atoms with E-state index in [-0.39, 0.29) is 5.91 Å². The monoisotopic (exact) mass is 382 g/mol. The SMILES string of the molecule is CC(C)(C)OC(=O)N[C@H]1CCN(Cc2csc3c(Cl)ncnc23)C1=O. The number of likely N-dealkylation sites (tertiary alicyclic amines) is 1. The van der Waals surface area contributed by atoms with Crippen molar-refractivity contribution in [1.29, 1.82) is 0 Å². The van der Waals surface area contributed by atoms with Gasteiger partial charge in [0.15, 0.2) is 0 Å². The highest BCUT2D eigenvalue weighted by atomic mass is 35.5. The molecule has 7 nitrogen and oxygen atoms in total. The van der Waals surface area contributed by atoms with Gasteiger partial charge in [-0.25, -0.2) is 14.8 Å². The summed E-state index contributed by atoms with van der Waals surface area (Å²) in [6, 6.07) is -0.557. The number of aromatic nitrogens is 2. The van der Waals surface area contributed by atoms with Crippen molar-refractivity contribution in [2.24, 2.45) is 0 Å². The summed E-state index contributed by atoms with van der Waals surface area (Å²) in [5.74, 6) is -0.120. The first-order valence-electron chi connectivity index (χ1n) is 7.89. The van der Waals surface area contributed by atoms with Gasteiger partial charge in [0.2, 0.25) is 5.91 Å². The van der Waals surface area contributed by atoms with Gasteiger partial charge in [0.05, 0.1) is 10.2 Å². The number of halogens is 1. The Kier molecular flexibility index (Phi) is 4.83. The lowest BCUT2D eigenvalue weighted by Crippen LogP contribution is -2.43. The van der Waals surface area contributed by atoms with Crippen LogP contribution in [-0.4, -0.2) is 45.1 Å². The molecule has 3 rings (SSSR count). The van der Waals surface area contributed by atoms with Crippen LogP contribution in [0.2, 0.25) is 5.15 Å². The molecule has 0 aromatic carbocycles. The first kappa shape index (κ1) is 17.9. The number of rotatable bonds is 3. The zero-order valence-electron chi connectivity index (χ0n) is 14.2. The lowest BCUT2D eigenvalue weighted by atomic mass is 10.2. The number of ether oxygens (including phenoxy) is 1. The fraction of sp³-hybridized carbons (Fsp3) is 0.500. The number of fused-ring (bicyclic) bond motifs is 1. The third-order valence-electron chi connectivity index (χ3n) is 3.73. The molecule has 1 saturated heterocycles. The molecular weight excluding hydrogens is 364 g/mol. The molecule has 1 N–H and O–H groups in total. The molecule has 1 aliphatic rings. The Hall–Kier alpha value is -1.93. The highest BCUT2D eigenvalue weighted by Crippen LogP contribution is 2.30. The summed E-state index contributed by atoms with van der Waals surface area (Å²) in [5.41, 5.74) is 1.09. The van der Waals surface area contributed by atoms with Gasteiger partial charge >= 0.3 is 6.09 Å². The van der Waals surface area contributed by atoms with Gasteiger partial charge in [-0.2, -0.15) is 0 Å². The second-order valence-electron chi connectivity index (χ2n) is 6.85. The van der Waals surface area contributed by atoms with Crippen LogP contribution in [0, 0.1) is 0 Å². The van der Waals surface area contributed by atoms with Gasteiger partial charge in [0, 0.05) is 18.7 Å². The van der Waals surface area contributed by atoms with E-state index in [1.165, 1.54) is 17.7 Å².